The molecule has 30 heavy (non-hydrogen) atoms. The number of carbonyl (C=O) groups is 1. The minimum atomic E-state index is -0.520. The van der Waals surface area contributed by atoms with Crippen LogP contribution >= 0.6 is 12.4 Å². The number of aromatic amines is 2. The molecule has 4 N–H and O–H groups in total. The summed E-state index contributed by atoms with van der Waals surface area (Å²) in [6.07, 6.45) is 0.630. The first-order chi connectivity index (χ1) is 14.0. The van der Waals surface area contributed by atoms with Gasteiger partial charge in [0.1, 0.15) is 11.3 Å². The van der Waals surface area contributed by atoms with E-state index in [1.807, 2.05) is 23.1 Å². The van der Waals surface area contributed by atoms with Crippen LogP contribution in [0, 0.1) is 5.92 Å². The molecule has 160 valence electrons. The summed E-state index contributed by atoms with van der Waals surface area (Å²) < 4.78 is 1.27. The second-order valence-electron chi connectivity index (χ2n) is 7.51. The zero-order chi connectivity index (χ0) is 20.5. The molecule has 0 unspecified atom stereocenters. The number of likely N-dealkylation sites (tertiary alicyclic amines) is 1. The number of carbonyl (C=O) groups excluding carboxylic acids is 1. The molecular weight excluding hydrogens is 408 g/mol. The largest absolute Gasteiger partial charge is 0.342 e. The Hall–Kier alpha value is -2.91. The summed E-state index contributed by atoms with van der Waals surface area (Å²) in [5.41, 5.74) is 6.66. The third-order valence-corrected chi connectivity index (χ3v) is 5.70. The smallest absolute Gasteiger partial charge is 0.329 e. The number of amides is 1. The fraction of sp³-hybridized carbons (Fsp3) is 0.400. The van der Waals surface area contributed by atoms with Crippen LogP contribution in [0.5, 0.6) is 0 Å². The maximum Gasteiger partial charge on any atom is 0.329 e. The lowest BCUT2D eigenvalue weighted by atomic mass is 9.89. The maximum absolute atomic E-state index is 12.8. The van der Waals surface area contributed by atoms with Crippen LogP contribution in [0.1, 0.15) is 23.7 Å². The van der Waals surface area contributed by atoms with E-state index in [0.29, 0.717) is 31.9 Å². The lowest BCUT2D eigenvalue weighted by molar-refractivity contribution is -0.130. The van der Waals surface area contributed by atoms with Gasteiger partial charge in [0.05, 0.1) is 0 Å². The Labute approximate surface area is 178 Å². The van der Waals surface area contributed by atoms with Gasteiger partial charge in [-0.2, -0.15) is 0 Å². The second-order valence-corrected chi connectivity index (χ2v) is 7.51. The molecule has 0 bridgehead atoms. The van der Waals surface area contributed by atoms with Gasteiger partial charge >= 0.3 is 5.69 Å². The number of imidazole rings is 1. The molecule has 1 saturated heterocycles. The quantitative estimate of drug-likeness (QED) is 0.540. The van der Waals surface area contributed by atoms with E-state index in [9.17, 15) is 14.4 Å². The first-order valence-electron chi connectivity index (χ1n) is 9.68. The van der Waals surface area contributed by atoms with Crippen molar-refractivity contribution in [2.24, 2.45) is 18.7 Å². The summed E-state index contributed by atoms with van der Waals surface area (Å²) >= 11 is 0. The van der Waals surface area contributed by atoms with Crippen LogP contribution in [0.2, 0.25) is 0 Å². The molecule has 0 saturated carbocycles. The fourth-order valence-corrected chi connectivity index (χ4v) is 4.05. The van der Waals surface area contributed by atoms with Crippen molar-refractivity contribution >= 4 is 29.5 Å². The molecule has 1 aliphatic rings. The molecule has 1 aliphatic heterocycles. The average Bonchev–Trinajstić information content (AvgIpc) is 3.36. The van der Waals surface area contributed by atoms with Crippen LogP contribution in [0.25, 0.3) is 11.2 Å². The fourth-order valence-electron chi connectivity index (χ4n) is 4.05. The molecule has 2 atom stereocenters. The highest BCUT2D eigenvalue weighted by atomic mass is 35.5. The molecule has 1 fully saturated rings. The Morgan fingerprint density at radius 1 is 1.20 bits per heavy atom. The van der Waals surface area contributed by atoms with Gasteiger partial charge in [-0.15, -0.1) is 12.4 Å². The number of rotatable bonds is 5. The summed E-state index contributed by atoms with van der Waals surface area (Å²) in [7, 11) is 1.54. The molecule has 1 aromatic carbocycles. The van der Waals surface area contributed by atoms with Crippen LogP contribution in [0.3, 0.4) is 0 Å². The van der Waals surface area contributed by atoms with E-state index in [-0.39, 0.29) is 47.7 Å². The van der Waals surface area contributed by atoms with Gasteiger partial charge in [-0.1, -0.05) is 30.3 Å². The van der Waals surface area contributed by atoms with E-state index in [2.05, 4.69) is 27.1 Å². The number of halogens is 1. The van der Waals surface area contributed by atoms with Gasteiger partial charge in [0.2, 0.25) is 5.91 Å². The Balaban J connectivity index is 0.00000256. The monoisotopic (exact) mass is 432 g/mol. The minimum absolute atomic E-state index is 0. The first-order valence-corrected chi connectivity index (χ1v) is 9.68. The second kappa shape index (κ2) is 8.85. The minimum Gasteiger partial charge on any atom is -0.342 e. The van der Waals surface area contributed by atoms with Gasteiger partial charge in [-0.3, -0.25) is 19.1 Å². The molecule has 0 spiro atoms. The zero-order valence-electron chi connectivity index (χ0n) is 16.6. The molecule has 2 aromatic heterocycles. The number of nitrogens with zero attached hydrogens (tertiary/aromatic N) is 3. The number of benzene rings is 1. The van der Waals surface area contributed by atoms with E-state index in [4.69, 9.17) is 5.73 Å². The predicted octanol–water partition coefficient (Wildman–Crippen LogP) is 0.505. The van der Waals surface area contributed by atoms with Crippen molar-refractivity contribution in [1.29, 1.82) is 0 Å². The topological polar surface area (TPSA) is 130 Å². The van der Waals surface area contributed by atoms with Crippen LogP contribution in [0.15, 0.2) is 39.9 Å². The number of aryl methyl sites for hydroxylation is 2. The van der Waals surface area contributed by atoms with E-state index in [0.717, 1.165) is 0 Å². The Morgan fingerprint density at radius 2 is 1.93 bits per heavy atom. The predicted molar refractivity (Wildman–Crippen MR) is 116 cm³/mol. The average molecular weight is 433 g/mol. The number of nitrogens with one attached hydrogen (secondary N) is 2. The van der Waals surface area contributed by atoms with Crippen molar-refractivity contribution in [3.63, 3.8) is 0 Å². The van der Waals surface area contributed by atoms with Crippen LogP contribution in [-0.2, 0) is 18.3 Å². The van der Waals surface area contributed by atoms with Crippen molar-refractivity contribution in [2.45, 2.75) is 18.8 Å². The number of H-pyrrole nitrogens is 2. The summed E-state index contributed by atoms with van der Waals surface area (Å²) in [4.78, 5) is 47.7. The first kappa shape index (κ1) is 21.8. The molecule has 0 aliphatic carbocycles. The number of aromatic nitrogens is 4. The highest BCUT2D eigenvalue weighted by Gasteiger charge is 2.35. The molecule has 3 heterocycles. The molecule has 3 aromatic rings. The third kappa shape index (κ3) is 4.03. The molecule has 9 nitrogen and oxygen atoms in total. The van der Waals surface area contributed by atoms with E-state index in [1.165, 1.54) is 17.2 Å². The zero-order valence-corrected chi connectivity index (χ0v) is 17.4. The highest BCUT2D eigenvalue weighted by molar-refractivity contribution is 5.85. The van der Waals surface area contributed by atoms with Crippen LogP contribution < -0.4 is 17.0 Å². The van der Waals surface area contributed by atoms with Gasteiger partial charge < -0.3 is 15.6 Å². The van der Waals surface area contributed by atoms with Crippen molar-refractivity contribution in [3.05, 3.63) is 62.6 Å². The summed E-state index contributed by atoms with van der Waals surface area (Å²) in [6.45, 7) is 1.83. The van der Waals surface area contributed by atoms with E-state index in [1.54, 1.807) is 0 Å². The highest BCUT2D eigenvalue weighted by Crippen LogP contribution is 2.32. The van der Waals surface area contributed by atoms with Gasteiger partial charge in [-0.25, -0.2) is 9.78 Å². The van der Waals surface area contributed by atoms with Gasteiger partial charge in [0.15, 0.2) is 5.65 Å². The van der Waals surface area contributed by atoms with E-state index < -0.39 is 11.2 Å². The van der Waals surface area contributed by atoms with Crippen molar-refractivity contribution < 1.29 is 4.79 Å². The molecule has 0 radical (unpaired) electrons. The Kier molecular flexibility index (Phi) is 6.42. The van der Waals surface area contributed by atoms with Gasteiger partial charge in [0, 0.05) is 38.9 Å². The van der Waals surface area contributed by atoms with Crippen molar-refractivity contribution in [1.82, 2.24) is 24.4 Å². The SMILES string of the molecule is Cl.Cn1c(=O)[nH]c(=O)c2[nH]c(CCC(=O)N3C[C@@H](CN)[C@H](c4ccccc4)C3)nc21. The Bertz CT molecular complexity index is 1150. The third-order valence-electron chi connectivity index (χ3n) is 5.70. The number of hydrogen-bond donors (Lipinski definition) is 3. The van der Waals surface area contributed by atoms with Crippen LogP contribution in [-0.4, -0.2) is 50.0 Å². The standard InChI is InChI=1S/C20H24N6O3.ClH/c1-25-18-17(19(28)24-20(25)29)22-15(23-18)7-8-16(27)26-10-13(9-21)14(11-26)12-5-3-2-4-6-12;/h2-6,13-14H,7-11,21H2,1H3,(H,22,23)(H,24,28,29);1H/t13-,14+;/m1./s1. The summed E-state index contributed by atoms with van der Waals surface area (Å²) in [6, 6.07) is 10.1. The number of nitrogens with two attached hydrogens (primary N) is 1. The van der Waals surface area contributed by atoms with E-state index >= 15 is 0 Å². The lowest BCUT2D eigenvalue weighted by Crippen LogP contribution is -2.30. The summed E-state index contributed by atoms with van der Waals surface area (Å²) in [5.74, 6) is 1.02. The number of fused-ring (bicyclic) bond motifs is 1. The Morgan fingerprint density at radius 3 is 2.63 bits per heavy atom. The lowest BCUT2D eigenvalue weighted by Gasteiger charge is -2.16. The van der Waals surface area contributed by atoms with Crippen molar-refractivity contribution in [2.75, 3.05) is 19.6 Å². The molecule has 1 amide bonds. The maximum atomic E-state index is 12.8. The van der Waals surface area contributed by atoms with Crippen LogP contribution in [0.4, 0.5) is 0 Å². The molecular formula is C20H25ClN6O3. The number of hydrogen-bond acceptors (Lipinski definition) is 5. The summed E-state index contributed by atoms with van der Waals surface area (Å²) in [5, 5.41) is 0. The molecule has 10 heteroatoms. The normalized spacial score (nSPS) is 18.5. The van der Waals surface area contributed by atoms with Crippen molar-refractivity contribution in [3.8, 4) is 0 Å². The van der Waals surface area contributed by atoms with Gasteiger partial charge in [-0.05, 0) is 18.0 Å². The molecule has 4 rings (SSSR count). The van der Waals surface area contributed by atoms with Gasteiger partial charge in [0.25, 0.3) is 5.56 Å².